The summed E-state index contributed by atoms with van der Waals surface area (Å²) in [5.41, 5.74) is 5.74. The molecule has 2 heteroatoms. The van der Waals surface area contributed by atoms with Crippen LogP contribution in [0.15, 0.2) is 12.2 Å². The molecule has 0 aromatic heterocycles. The zero-order valence-corrected chi connectivity index (χ0v) is 8.79. The van der Waals surface area contributed by atoms with Gasteiger partial charge in [0.2, 0.25) is 0 Å². The van der Waals surface area contributed by atoms with Crippen LogP contribution in [0.25, 0.3) is 0 Å². The van der Waals surface area contributed by atoms with Crippen LogP contribution in [0.4, 0.5) is 0 Å². The first kappa shape index (κ1) is 10.7. The molecule has 2 nitrogen and oxygen atoms in total. The Hall–Kier alpha value is -0.340. The first-order valence-electron chi connectivity index (χ1n) is 5.39. The lowest BCUT2D eigenvalue weighted by atomic mass is 9.98. The van der Waals surface area contributed by atoms with Gasteiger partial charge in [0.05, 0.1) is 0 Å². The lowest BCUT2D eigenvalue weighted by Crippen LogP contribution is -2.45. The maximum absolute atomic E-state index is 5.74. The normalized spacial score (nSPS) is 22.1. The molecule has 0 fully saturated rings. The van der Waals surface area contributed by atoms with Gasteiger partial charge in [0, 0.05) is 18.6 Å². The maximum Gasteiger partial charge on any atom is 0.0218 e. The van der Waals surface area contributed by atoms with Crippen molar-refractivity contribution >= 4 is 0 Å². The number of hydrogen-bond acceptors (Lipinski definition) is 2. The standard InChI is InChI=1S/C11H22N2/c1-3-9(2)11(8-12)13-10-6-4-5-7-10/h4-5,9-11,13H,3,6-8,12H2,1-2H3. The van der Waals surface area contributed by atoms with E-state index in [9.17, 15) is 0 Å². The SMILES string of the molecule is CCC(C)C(CN)NC1CC=CC1. The highest BCUT2D eigenvalue weighted by Crippen LogP contribution is 2.13. The lowest BCUT2D eigenvalue weighted by Gasteiger charge is -2.26. The minimum absolute atomic E-state index is 0.495. The second kappa shape index (κ2) is 5.40. The van der Waals surface area contributed by atoms with Crippen LogP contribution in [0.1, 0.15) is 33.1 Å². The largest absolute Gasteiger partial charge is 0.329 e. The average molecular weight is 182 g/mol. The van der Waals surface area contributed by atoms with Gasteiger partial charge < -0.3 is 11.1 Å². The molecule has 0 aromatic rings. The van der Waals surface area contributed by atoms with Gasteiger partial charge in [-0.3, -0.25) is 0 Å². The van der Waals surface area contributed by atoms with E-state index in [2.05, 4.69) is 31.3 Å². The Kier molecular flexibility index (Phi) is 4.46. The molecule has 0 aromatic carbocycles. The molecule has 2 unspecified atom stereocenters. The Labute approximate surface area is 81.6 Å². The van der Waals surface area contributed by atoms with Crippen molar-refractivity contribution in [3.63, 3.8) is 0 Å². The van der Waals surface area contributed by atoms with E-state index >= 15 is 0 Å². The Morgan fingerprint density at radius 2 is 2.08 bits per heavy atom. The van der Waals surface area contributed by atoms with Crippen LogP contribution in [0, 0.1) is 5.92 Å². The monoisotopic (exact) mass is 182 g/mol. The van der Waals surface area contributed by atoms with Crippen molar-refractivity contribution in [2.45, 2.75) is 45.2 Å². The van der Waals surface area contributed by atoms with Crippen molar-refractivity contribution in [3.05, 3.63) is 12.2 Å². The van der Waals surface area contributed by atoms with Gasteiger partial charge in [-0.2, -0.15) is 0 Å². The van der Waals surface area contributed by atoms with Crippen LogP contribution < -0.4 is 11.1 Å². The van der Waals surface area contributed by atoms with Crippen molar-refractivity contribution in [1.29, 1.82) is 0 Å². The molecule has 1 aliphatic rings. The third kappa shape index (κ3) is 3.12. The fourth-order valence-electron chi connectivity index (χ4n) is 1.81. The Bertz CT molecular complexity index is 157. The minimum atomic E-state index is 0.495. The molecule has 0 bridgehead atoms. The molecule has 2 atom stereocenters. The van der Waals surface area contributed by atoms with E-state index in [0.29, 0.717) is 18.0 Å². The van der Waals surface area contributed by atoms with Crippen molar-refractivity contribution in [1.82, 2.24) is 5.32 Å². The first-order chi connectivity index (χ1) is 6.27. The highest BCUT2D eigenvalue weighted by Gasteiger charge is 2.18. The van der Waals surface area contributed by atoms with E-state index in [1.54, 1.807) is 0 Å². The zero-order chi connectivity index (χ0) is 9.68. The summed E-state index contributed by atoms with van der Waals surface area (Å²) < 4.78 is 0. The predicted molar refractivity (Wildman–Crippen MR) is 57.6 cm³/mol. The summed E-state index contributed by atoms with van der Waals surface area (Å²) in [5, 5.41) is 3.63. The van der Waals surface area contributed by atoms with E-state index in [1.807, 2.05) is 0 Å². The maximum atomic E-state index is 5.74. The third-order valence-electron chi connectivity index (χ3n) is 3.04. The summed E-state index contributed by atoms with van der Waals surface area (Å²) in [6.07, 6.45) is 8.05. The predicted octanol–water partition coefficient (Wildman–Crippen LogP) is 1.67. The average Bonchev–Trinajstić information content (AvgIpc) is 2.65. The highest BCUT2D eigenvalue weighted by atomic mass is 15.0. The second-order valence-electron chi connectivity index (χ2n) is 4.03. The van der Waals surface area contributed by atoms with E-state index in [4.69, 9.17) is 5.73 Å². The van der Waals surface area contributed by atoms with Gasteiger partial charge in [0.15, 0.2) is 0 Å². The molecule has 13 heavy (non-hydrogen) atoms. The molecule has 0 aliphatic heterocycles. The molecule has 3 N–H and O–H groups in total. The lowest BCUT2D eigenvalue weighted by molar-refractivity contribution is 0.338. The van der Waals surface area contributed by atoms with Crippen LogP contribution in [0.3, 0.4) is 0 Å². The highest BCUT2D eigenvalue weighted by molar-refractivity contribution is 4.99. The van der Waals surface area contributed by atoms with Gasteiger partial charge in [-0.1, -0.05) is 32.4 Å². The molecule has 0 spiro atoms. The first-order valence-corrected chi connectivity index (χ1v) is 5.39. The number of hydrogen-bond donors (Lipinski definition) is 2. The van der Waals surface area contributed by atoms with Gasteiger partial charge in [-0.05, 0) is 18.8 Å². The molecule has 76 valence electrons. The molecule has 0 saturated carbocycles. The fraction of sp³-hybridized carbons (Fsp3) is 0.818. The summed E-state index contributed by atoms with van der Waals surface area (Å²) >= 11 is 0. The number of nitrogens with two attached hydrogens (primary N) is 1. The van der Waals surface area contributed by atoms with Crippen molar-refractivity contribution in [2.75, 3.05) is 6.54 Å². The van der Waals surface area contributed by atoms with Crippen LogP contribution in [-0.4, -0.2) is 18.6 Å². The summed E-state index contributed by atoms with van der Waals surface area (Å²) in [7, 11) is 0. The van der Waals surface area contributed by atoms with E-state index < -0.39 is 0 Å². The summed E-state index contributed by atoms with van der Waals surface area (Å²) in [6, 6.07) is 1.14. The van der Waals surface area contributed by atoms with E-state index in [0.717, 1.165) is 6.54 Å². The van der Waals surface area contributed by atoms with E-state index in [1.165, 1.54) is 19.3 Å². The third-order valence-corrected chi connectivity index (χ3v) is 3.04. The molecule has 0 heterocycles. The quantitative estimate of drug-likeness (QED) is 0.635. The Morgan fingerprint density at radius 3 is 2.54 bits per heavy atom. The topological polar surface area (TPSA) is 38.0 Å². The molecule has 0 amide bonds. The number of nitrogens with one attached hydrogen (secondary N) is 1. The fourth-order valence-corrected chi connectivity index (χ4v) is 1.81. The molecule has 1 aliphatic carbocycles. The van der Waals surface area contributed by atoms with Gasteiger partial charge in [0.25, 0.3) is 0 Å². The molecule has 0 radical (unpaired) electrons. The Morgan fingerprint density at radius 1 is 1.46 bits per heavy atom. The van der Waals surface area contributed by atoms with E-state index in [-0.39, 0.29) is 0 Å². The molecular weight excluding hydrogens is 160 g/mol. The van der Waals surface area contributed by atoms with Crippen molar-refractivity contribution < 1.29 is 0 Å². The van der Waals surface area contributed by atoms with Gasteiger partial charge in [-0.15, -0.1) is 0 Å². The summed E-state index contributed by atoms with van der Waals surface area (Å²) in [6.45, 7) is 5.25. The van der Waals surface area contributed by atoms with Gasteiger partial charge in [-0.25, -0.2) is 0 Å². The van der Waals surface area contributed by atoms with Gasteiger partial charge >= 0.3 is 0 Å². The van der Waals surface area contributed by atoms with Crippen LogP contribution in [-0.2, 0) is 0 Å². The van der Waals surface area contributed by atoms with Crippen molar-refractivity contribution in [2.24, 2.45) is 11.7 Å². The van der Waals surface area contributed by atoms with Crippen LogP contribution >= 0.6 is 0 Å². The van der Waals surface area contributed by atoms with Gasteiger partial charge in [0.1, 0.15) is 0 Å². The summed E-state index contributed by atoms with van der Waals surface area (Å²) in [4.78, 5) is 0. The molecule has 1 rings (SSSR count). The Balaban J connectivity index is 2.30. The summed E-state index contributed by atoms with van der Waals surface area (Å²) in [5.74, 6) is 0.686. The molecular formula is C11H22N2. The van der Waals surface area contributed by atoms with Crippen LogP contribution in [0.2, 0.25) is 0 Å². The van der Waals surface area contributed by atoms with Crippen LogP contribution in [0.5, 0.6) is 0 Å². The zero-order valence-electron chi connectivity index (χ0n) is 8.79. The molecule has 0 saturated heterocycles. The second-order valence-corrected chi connectivity index (χ2v) is 4.03. The number of rotatable bonds is 5. The smallest absolute Gasteiger partial charge is 0.0218 e. The minimum Gasteiger partial charge on any atom is -0.329 e. The van der Waals surface area contributed by atoms with Crippen molar-refractivity contribution in [3.8, 4) is 0 Å².